The summed E-state index contributed by atoms with van der Waals surface area (Å²) in [6.45, 7) is 5.82. The largest absolute Gasteiger partial charge is 0.381 e. The van der Waals surface area contributed by atoms with Gasteiger partial charge in [0.2, 0.25) is 5.91 Å². The second kappa shape index (κ2) is 6.71. The Labute approximate surface area is 115 Å². The Hall–Kier alpha value is -1.35. The number of carbonyl (C=O) groups is 1. The molecule has 1 saturated heterocycles. The van der Waals surface area contributed by atoms with Gasteiger partial charge in [-0.3, -0.25) is 4.79 Å². The normalized spacial score (nSPS) is 16.6. The zero-order valence-corrected chi connectivity index (χ0v) is 11.8. The Kier molecular flexibility index (Phi) is 4.97. The van der Waals surface area contributed by atoms with Crippen molar-refractivity contribution in [1.29, 1.82) is 0 Å². The van der Waals surface area contributed by atoms with Gasteiger partial charge in [0.05, 0.1) is 0 Å². The Bertz CT molecular complexity index is 405. The van der Waals surface area contributed by atoms with Crippen LogP contribution in [0.25, 0.3) is 0 Å². The molecule has 1 N–H and O–H groups in total. The smallest absolute Gasteiger partial charge is 0.227 e. The van der Waals surface area contributed by atoms with Crippen LogP contribution < -0.4 is 5.32 Å². The van der Waals surface area contributed by atoms with E-state index < -0.39 is 0 Å². The lowest BCUT2D eigenvalue weighted by molar-refractivity contribution is -0.122. The molecule has 19 heavy (non-hydrogen) atoms. The minimum absolute atomic E-state index is 0.101. The molecule has 1 fully saturated rings. The van der Waals surface area contributed by atoms with E-state index in [1.165, 1.54) is 5.56 Å². The van der Waals surface area contributed by atoms with E-state index in [9.17, 15) is 4.79 Å². The van der Waals surface area contributed by atoms with Crippen molar-refractivity contribution < 1.29 is 9.53 Å². The van der Waals surface area contributed by atoms with Crippen LogP contribution in [0.3, 0.4) is 0 Å². The minimum atomic E-state index is 0.101. The maximum atomic E-state index is 12.1. The molecule has 3 nitrogen and oxygen atoms in total. The molecule has 1 aromatic carbocycles. The molecule has 1 aromatic rings. The van der Waals surface area contributed by atoms with E-state index in [1.54, 1.807) is 0 Å². The van der Waals surface area contributed by atoms with Gasteiger partial charge in [-0.1, -0.05) is 26.0 Å². The molecule has 0 radical (unpaired) electrons. The lowest BCUT2D eigenvalue weighted by Gasteiger charge is -2.21. The molecule has 0 unspecified atom stereocenters. The topological polar surface area (TPSA) is 38.3 Å². The molecule has 1 amide bonds. The molecule has 0 aliphatic carbocycles. The average Bonchev–Trinajstić information content (AvgIpc) is 2.41. The Morgan fingerprint density at radius 1 is 1.26 bits per heavy atom. The van der Waals surface area contributed by atoms with E-state index in [1.807, 2.05) is 12.1 Å². The maximum Gasteiger partial charge on any atom is 0.227 e. The summed E-state index contributed by atoms with van der Waals surface area (Å²) in [7, 11) is 0. The summed E-state index contributed by atoms with van der Waals surface area (Å²) in [5.41, 5.74) is 2.21. The molecule has 1 aliphatic rings. The minimum Gasteiger partial charge on any atom is -0.381 e. The van der Waals surface area contributed by atoms with E-state index in [0.717, 1.165) is 24.9 Å². The molecule has 0 aromatic heterocycles. The molecule has 1 aliphatic heterocycles. The number of hydrogen-bond acceptors (Lipinski definition) is 2. The van der Waals surface area contributed by atoms with Crippen molar-refractivity contribution in [2.24, 2.45) is 11.8 Å². The highest BCUT2D eigenvalue weighted by Gasteiger charge is 2.21. The Morgan fingerprint density at radius 2 is 1.89 bits per heavy atom. The quantitative estimate of drug-likeness (QED) is 0.903. The van der Waals surface area contributed by atoms with Crippen LogP contribution in [-0.4, -0.2) is 19.1 Å². The van der Waals surface area contributed by atoms with Gasteiger partial charge in [0.15, 0.2) is 0 Å². The zero-order chi connectivity index (χ0) is 13.7. The first-order chi connectivity index (χ1) is 9.15. The first-order valence-corrected chi connectivity index (χ1v) is 7.12. The molecule has 3 heteroatoms. The average molecular weight is 261 g/mol. The highest BCUT2D eigenvalue weighted by molar-refractivity contribution is 5.92. The molecule has 0 bridgehead atoms. The van der Waals surface area contributed by atoms with Gasteiger partial charge in [0.25, 0.3) is 0 Å². The van der Waals surface area contributed by atoms with Crippen molar-refractivity contribution in [3.8, 4) is 0 Å². The van der Waals surface area contributed by atoms with Crippen LogP contribution in [0.1, 0.15) is 32.3 Å². The maximum absolute atomic E-state index is 12.1. The second-order valence-electron chi connectivity index (χ2n) is 5.67. The Balaban J connectivity index is 1.89. The number of ether oxygens (including phenoxy) is 1. The number of rotatable bonds is 4. The van der Waals surface area contributed by atoms with Crippen molar-refractivity contribution in [1.82, 2.24) is 0 Å². The fourth-order valence-electron chi connectivity index (χ4n) is 2.40. The van der Waals surface area contributed by atoms with Crippen LogP contribution in [0, 0.1) is 11.8 Å². The highest BCUT2D eigenvalue weighted by atomic mass is 16.5. The molecular formula is C16H23NO2. The lowest BCUT2D eigenvalue weighted by Crippen LogP contribution is -2.28. The first kappa shape index (κ1) is 14.1. The van der Waals surface area contributed by atoms with Gasteiger partial charge in [-0.2, -0.15) is 0 Å². The summed E-state index contributed by atoms with van der Waals surface area (Å²) < 4.78 is 5.27. The van der Waals surface area contributed by atoms with Gasteiger partial charge in [0, 0.05) is 24.8 Å². The van der Waals surface area contributed by atoms with Crippen molar-refractivity contribution in [3.05, 3.63) is 29.8 Å². The standard InChI is InChI=1S/C16H23NO2/c1-12(2)11-13-3-5-15(6-4-13)17-16(18)14-7-9-19-10-8-14/h3-6,12,14H,7-11H2,1-2H3,(H,17,18). The third-order valence-electron chi connectivity index (χ3n) is 3.46. The number of benzene rings is 1. The summed E-state index contributed by atoms with van der Waals surface area (Å²) in [4.78, 5) is 12.1. The fourth-order valence-corrected chi connectivity index (χ4v) is 2.40. The van der Waals surface area contributed by atoms with Crippen LogP contribution in [0.2, 0.25) is 0 Å². The van der Waals surface area contributed by atoms with E-state index in [-0.39, 0.29) is 11.8 Å². The van der Waals surface area contributed by atoms with Gasteiger partial charge in [-0.25, -0.2) is 0 Å². The third-order valence-corrected chi connectivity index (χ3v) is 3.46. The second-order valence-corrected chi connectivity index (χ2v) is 5.67. The molecule has 0 atom stereocenters. The lowest BCUT2D eigenvalue weighted by atomic mass is 9.99. The third kappa shape index (κ3) is 4.35. The van der Waals surface area contributed by atoms with E-state index in [0.29, 0.717) is 19.1 Å². The van der Waals surface area contributed by atoms with Crippen LogP contribution in [0.5, 0.6) is 0 Å². The summed E-state index contributed by atoms with van der Waals surface area (Å²) in [5, 5.41) is 3.00. The number of carbonyl (C=O) groups excluding carboxylic acids is 1. The number of nitrogens with one attached hydrogen (secondary N) is 1. The van der Waals surface area contributed by atoms with Gasteiger partial charge < -0.3 is 10.1 Å². The monoisotopic (exact) mass is 261 g/mol. The van der Waals surface area contributed by atoms with Gasteiger partial charge in [-0.05, 0) is 42.9 Å². The van der Waals surface area contributed by atoms with Crippen molar-refractivity contribution in [2.75, 3.05) is 18.5 Å². The molecule has 0 spiro atoms. The number of anilines is 1. The molecular weight excluding hydrogens is 238 g/mol. The number of hydrogen-bond donors (Lipinski definition) is 1. The van der Waals surface area contributed by atoms with Crippen LogP contribution in [0.4, 0.5) is 5.69 Å². The van der Waals surface area contributed by atoms with E-state index in [2.05, 4.69) is 31.3 Å². The van der Waals surface area contributed by atoms with Crippen LogP contribution in [0.15, 0.2) is 24.3 Å². The van der Waals surface area contributed by atoms with Crippen molar-refractivity contribution in [2.45, 2.75) is 33.1 Å². The van der Waals surface area contributed by atoms with E-state index in [4.69, 9.17) is 4.74 Å². The van der Waals surface area contributed by atoms with Gasteiger partial charge in [-0.15, -0.1) is 0 Å². The van der Waals surface area contributed by atoms with Crippen LogP contribution in [-0.2, 0) is 16.0 Å². The van der Waals surface area contributed by atoms with Crippen LogP contribution >= 0.6 is 0 Å². The van der Waals surface area contributed by atoms with E-state index >= 15 is 0 Å². The zero-order valence-electron chi connectivity index (χ0n) is 11.8. The molecule has 104 valence electrons. The van der Waals surface area contributed by atoms with Gasteiger partial charge >= 0.3 is 0 Å². The number of amides is 1. The fraction of sp³-hybridized carbons (Fsp3) is 0.562. The predicted octanol–water partition coefficient (Wildman–Crippen LogP) is 3.25. The highest BCUT2D eigenvalue weighted by Crippen LogP contribution is 2.18. The summed E-state index contributed by atoms with van der Waals surface area (Å²) in [6.07, 6.45) is 2.74. The Morgan fingerprint density at radius 3 is 2.47 bits per heavy atom. The summed E-state index contributed by atoms with van der Waals surface area (Å²) in [6, 6.07) is 8.18. The summed E-state index contributed by atoms with van der Waals surface area (Å²) in [5.74, 6) is 0.881. The van der Waals surface area contributed by atoms with Gasteiger partial charge in [0.1, 0.15) is 0 Å². The first-order valence-electron chi connectivity index (χ1n) is 7.12. The summed E-state index contributed by atoms with van der Waals surface area (Å²) >= 11 is 0. The SMILES string of the molecule is CC(C)Cc1ccc(NC(=O)C2CCOCC2)cc1. The van der Waals surface area contributed by atoms with Crippen molar-refractivity contribution in [3.63, 3.8) is 0 Å². The van der Waals surface area contributed by atoms with Crippen molar-refractivity contribution >= 4 is 11.6 Å². The predicted molar refractivity (Wildman–Crippen MR) is 77.2 cm³/mol. The molecule has 0 saturated carbocycles. The molecule has 1 heterocycles. The molecule has 2 rings (SSSR count).